The Morgan fingerprint density at radius 2 is 1.56 bits per heavy atom. The molecule has 0 saturated heterocycles. The Bertz CT molecular complexity index is 1400. The Hall–Kier alpha value is -3.19. The van der Waals surface area contributed by atoms with Crippen LogP contribution in [0, 0.1) is 11.6 Å². The Labute approximate surface area is 209 Å². The van der Waals surface area contributed by atoms with Crippen LogP contribution in [0.5, 0.6) is 11.6 Å². The average molecular weight is 520 g/mol. The van der Waals surface area contributed by atoms with Gasteiger partial charge in [0.05, 0.1) is 10.7 Å². The number of hydrogen-bond donors (Lipinski definition) is 1. The number of halogens is 5. The monoisotopic (exact) mass is 518 g/mol. The number of rotatable bonds is 5. The van der Waals surface area contributed by atoms with E-state index in [-0.39, 0.29) is 17.2 Å². The largest absolute Gasteiger partial charge is 0.438 e. The first-order chi connectivity index (χ1) is 16.3. The molecule has 1 heterocycles. The van der Waals surface area contributed by atoms with Crippen molar-refractivity contribution in [2.75, 3.05) is 7.05 Å². The van der Waals surface area contributed by atoms with Crippen LogP contribution < -0.4 is 10.1 Å². The first-order valence-corrected chi connectivity index (χ1v) is 11.0. The molecular weight excluding hydrogens is 505 g/mol. The van der Waals surface area contributed by atoms with Crippen LogP contribution in [0.3, 0.4) is 0 Å². The Morgan fingerprint density at radius 3 is 2.21 bits per heavy atom. The molecule has 4 nitrogen and oxygen atoms in total. The normalized spacial score (nSPS) is 10.8. The Kier molecular flexibility index (Phi) is 7.03. The fourth-order valence-electron chi connectivity index (χ4n) is 3.26. The quantitative estimate of drug-likeness (QED) is 0.293. The molecule has 0 aliphatic heterocycles. The van der Waals surface area contributed by atoms with Crippen molar-refractivity contribution in [3.63, 3.8) is 0 Å². The highest BCUT2D eigenvalue weighted by Gasteiger charge is 2.22. The second kappa shape index (κ2) is 9.97. The number of pyridine rings is 1. The van der Waals surface area contributed by atoms with Crippen molar-refractivity contribution in [3.05, 3.63) is 99.0 Å². The third-order valence-corrected chi connectivity index (χ3v) is 5.71. The van der Waals surface area contributed by atoms with Gasteiger partial charge in [-0.2, -0.15) is 0 Å². The number of benzene rings is 3. The minimum atomic E-state index is -1.10. The first-order valence-electron chi connectivity index (χ1n) is 9.88. The van der Waals surface area contributed by atoms with Gasteiger partial charge < -0.3 is 10.1 Å². The summed E-state index contributed by atoms with van der Waals surface area (Å²) in [6.07, 6.45) is 0. The van der Waals surface area contributed by atoms with Crippen LogP contribution >= 0.6 is 34.8 Å². The molecule has 0 atom stereocenters. The standard InChI is InChI=1S/C25H15Cl3F2N2O2/c1-31-24(33)19-12-18(13-2-4-14(26)5-3-13)23(17-8-6-15(27)10-20(17)28)32-25(19)34-16-7-9-21(29)22(30)11-16/h2-12H,1H3,(H,31,33). The summed E-state index contributed by atoms with van der Waals surface area (Å²) >= 11 is 18.6. The molecule has 172 valence electrons. The number of ether oxygens (including phenoxy) is 1. The SMILES string of the molecule is CNC(=O)c1cc(-c2ccc(Cl)cc2)c(-c2ccc(Cl)cc2Cl)nc1Oc1ccc(F)c(F)c1. The van der Waals surface area contributed by atoms with E-state index in [9.17, 15) is 13.6 Å². The third-order valence-electron chi connectivity index (χ3n) is 4.91. The fourth-order valence-corrected chi connectivity index (χ4v) is 3.88. The van der Waals surface area contributed by atoms with Crippen molar-refractivity contribution in [1.29, 1.82) is 0 Å². The minimum Gasteiger partial charge on any atom is -0.438 e. The molecule has 0 aliphatic rings. The van der Waals surface area contributed by atoms with Crippen molar-refractivity contribution >= 4 is 40.7 Å². The van der Waals surface area contributed by atoms with E-state index >= 15 is 0 Å². The lowest BCUT2D eigenvalue weighted by Gasteiger charge is -2.17. The molecule has 9 heteroatoms. The molecule has 0 radical (unpaired) electrons. The van der Waals surface area contributed by atoms with Gasteiger partial charge in [0.2, 0.25) is 5.88 Å². The maximum Gasteiger partial charge on any atom is 0.256 e. The number of carbonyl (C=O) groups excluding carboxylic acids is 1. The number of hydrogen-bond acceptors (Lipinski definition) is 3. The molecular formula is C25H15Cl3F2N2O2. The van der Waals surface area contributed by atoms with E-state index in [1.165, 1.54) is 13.1 Å². The van der Waals surface area contributed by atoms with E-state index in [0.717, 1.165) is 12.1 Å². The number of nitrogens with one attached hydrogen (secondary N) is 1. The van der Waals surface area contributed by atoms with Gasteiger partial charge in [-0.3, -0.25) is 4.79 Å². The zero-order valence-corrected chi connectivity index (χ0v) is 19.8. The number of nitrogens with zero attached hydrogens (tertiary/aromatic N) is 1. The highest BCUT2D eigenvalue weighted by molar-refractivity contribution is 6.36. The molecule has 1 N–H and O–H groups in total. The fraction of sp³-hybridized carbons (Fsp3) is 0.0400. The molecule has 34 heavy (non-hydrogen) atoms. The van der Waals surface area contributed by atoms with E-state index in [1.54, 1.807) is 48.5 Å². The van der Waals surface area contributed by atoms with Crippen molar-refractivity contribution in [1.82, 2.24) is 10.3 Å². The predicted octanol–water partition coefficient (Wildman–Crippen LogP) is 7.81. The lowest BCUT2D eigenvalue weighted by Crippen LogP contribution is -2.19. The summed E-state index contributed by atoms with van der Waals surface area (Å²) < 4.78 is 32.9. The van der Waals surface area contributed by atoms with Crippen molar-refractivity contribution in [3.8, 4) is 34.0 Å². The molecule has 0 bridgehead atoms. The molecule has 3 aromatic carbocycles. The number of carbonyl (C=O) groups is 1. The first kappa shape index (κ1) is 24.0. The Morgan fingerprint density at radius 1 is 0.853 bits per heavy atom. The van der Waals surface area contributed by atoms with E-state index in [2.05, 4.69) is 10.3 Å². The van der Waals surface area contributed by atoms with Crippen LogP contribution in [-0.4, -0.2) is 17.9 Å². The van der Waals surface area contributed by atoms with Gasteiger partial charge in [0.15, 0.2) is 11.6 Å². The van der Waals surface area contributed by atoms with Crippen molar-refractivity contribution in [2.45, 2.75) is 0 Å². The second-order valence-electron chi connectivity index (χ2n) is 7.13. The summed E-state index contributed by atoms with van der Waals surface area (Å²) in [7, 11) is 1.45. The third kappa shape index (κ3) is 4.99. The van der Waals surface area contributed by atoms with Gasteiger partial charge in [-0.15, -0.1) is 0 Å². The van der Waals surface area contributed by atoms with Gasteiger partial charge in [-0.05, 0) is 54.1 Å². The van der Waals surface area contributed by atoms with Crippen LogP contribution in [0.2, 0.25) is 15.1 Å². The smallest absolute Gasteiger partial charge is 0.256 e. The molecule has 0 aliphatic carbocycles. The zero-order chi connectivity index (χ0) is 24.4. The lowest BCUT2D eigenvalue weighted by atomic mass is 9.97. The number of amides is 1. The van der Waals surface area contributed by atoms with Gasteiger partial charge in [0, 0.05) is 34.3 Å². The Balaban J connectivity index is 1.97. The minimum absolute atomic E-state index is 0.0380. The van der Waals surface area contributed by atoms with E-state index in [0.29, 0.717) is 37.5 Å². The van der Waals surface area contributed by atoms with Gasteiger partial charge >= 0.3 is 0 Å². The zero-order valence-electron chi connectivity index (χ0n) is 17.5. The second-order valence-corrected chi connectivity index (χ2v) is 8.41. The molecule has 0 unspecified atom stereocenters. The van der Waals surface area contributed by atoms with Crippen molar-refractivity contribution in [2.24, 2.45) is 0 Å². The van der Waals surface area contributed by atoms with Crippen LogP contribution in [0.1, 0.15) is 10.4 Å². The molecule has 0 fully saturated rings. The molecule has 4 aromatic rings. The molecule has 0 spiro atoms. The maximum absolute atomic E-state index is 13.8. The maximum atomic E-state index is 13.8. The van der Waals surface area contributed by atoms with E-state index in [4.69, 9.17) is 39.5 Å². The highest BCUT2D eigenvalue weighted by atomic mass is 35.5. The summed E-state index contributed by atoms with van der Waals surface area (Å²) in [4.78, 5) is 17.3. The van der Waals surface area contributed by atoms with E-state index in [1.807, 2.05) is 0 Å². The van der Waals surface area contributed by atoms with Gasteiger partial charge in [-0.1, -0.05) is 46.9 Å². The summed E-state index contributed by atoms with van der Waals surface area (Å²) in [5, 5.41) is 3.82. The molecule has 1 amide bonds. The van der Waals surface area contributed by atoms with Crippen molar-refractivity contribution < 1.29 is 18.3 Å². The summed E-state index contributed by atoms with van der Waals surface area (Å²) in [5.41, 5.74) is 2.26. The highest BCUT2D eigenvalue weighted by Crippen LogP contribution is 2.40. The van der Waals surface area contributed by atoms with Crippen LogP contribution in [0.4, 0.5) is 8.78 Å². The van der Waals surface area contributed by atoms with Crippen LogP contribution in [-0.2, 0) is 0 Å². The summed E-state index contributed by atoms with van der Waals surface area (Å²) in [6.45, 7) is 0. The van der Waals surface area contributed by atoms with Gasteiger partial charge in [0.1, 0.15) is 11.3 Å². The van der Waals surface area contributed by atoms with E-state index < -0.39 is 17.5 Å². The molecule has 4 rings (SSSR count). The van der Waals surface area contributed by atoms with Gasteiger partial charge in [0.25, 0.3) is 5.91 Å². The van der Waals surface area contributed by atoms with Crippen LogP contribution in [0.25, 0.3) is 22.4 Å². The molecule has 0 saturated carbocycles. The van der Waals surface area contributed by atoms with Crippen LogP contribution in [0.15, 0.2) is 66.7 Å². The predicted molar refractivity (Wildman–Crippen MR) is 130 cm³/mol. The summed E-state index contributed by atoms with van der Waals surface area (Å²) in [5.74, 6) is -2.78. The number of aromatic nitrogens is 1. The lowest BCUT2D eigenvalue weighted by molar-refractivity contribution is 0.0960. The topological polar surface area (TPSA) is 51.2 Å². The average Bonchev–Trinajstić information content (AvgIpc) is 2.81. The van der Waals surface area contributed by atoms with Gasteiger partial charge in [-0.25, -0.2) is 13.8 Å². The molecule has 1 aromatic heterocycles. The summed E-state index contributed by atoms with van der Waals surface area (Å²) in [6, 6.07) is 16.5.